The van der Waals surface area contributed by atoms with Crippen molar-refractivity contribution >= 4 is 0 Å². The summed E-state index contributed by atoms with van der Waals surface area (Å²) in [5.74, 6) is 0. The van der Waals surface area contributed by atoms with Crippen molar-refractivity contribution in [3.05, 3.63) is 35.4 Å². The topological polar surface area (TPSA) is 35.8 Å². The van der Waals surface area contributed by atoms with Gasteiger partial charge in [0.1, 0.15) is 0 Å². The Hall–Kier alpha value is -1.33. The van der Waals surface area contributed by atoms with Crippen molar-refractivity contribution in [2.45, 2.75) is 53.0 Å². The first-order valence-corrected chi connectivity index (χ1v) is 7.09. The van der Waals surface area contributed by atoms with Crippen molar-refractivity contribution in [1.29, 1.82) is 5.26 Å². The zero-order valence-electron chi connectivity index (χ0n) is 12.7. The molecule has 0 fully saturated rings. The maximum atomic E-state index is 8.66. The van der Waals surface area contributed by atoms with Crippen molar-refractivity contribution in [2.24, 2.45) is 5.41 Å². The van der Waals surface area contributed by atoms with Gasteiger partial charge in [0.15, 0.2) is 0 Å². The average Bonchev–Trinajstić information content (AvgIpc) is 2.37. The Kier molecular flexibility index (Phi) is 6.05. The first-order chi connectivity index (χ1) is 8.94. The van der Waals surface area contributed by atoms with Gasteiger partial charge in [-0.05, 0) is 43.2 Å². The molecule has 0 heterocycles. The summed E-state index contributed by atoms with van der Waals surface area (Å²) in [6, 6.07) is 11.2. The molecular formula is C17H26N2. The monoisotopic (exact) mass is 258 g/mol. The number of nitriles is 1. The van der Waals surface area contributed by atoms with Crippen molar-refractivity contribution in [2.75, 3.05) is 6.54 Å². The highest BCUT2D eigenvalue weighted by molar-refractivity contribution is 5.26. The highest BCUT2D eigenvalue weighted by atomic mass is 14.9. The van der Waals surface area contributed by atoms with Crippen LogP contribution in [0.2, 0.25) is 0 Å². The predicted molar refractivity (Wildman–Crippen MR) is 81.0 cm³/mol. The molecule has 0 saturated carbocycles. The molecule has 0 aromatic heterocycles. The lowest BCUT2D eigenvalue weighted by Gasteiger charge is -2.26. The van der Waals surface area contributed by atoms with Gasteiger partial charge in [0, 0.05) is 19.0 Å². The van der Waals surface area contributed by atoms with E-state index in [2.05, 4.69) is 63.3 Å². The van der Waals surface area contributed by atoms with Crippen LogP contribution in [0, 0.1) is 23.7 Å². The van der Waals surface area contributed by atoms with E-state index in [4.69, 9.17) is 5.26 Å². The van der Waals surface area contributed by atoms with E-state index in [0.717, 1.165) is 19.4 Å². The second-order valence-electron chi connectivity index (χ2n) is 6.23. The third-order valence-electron chi connectivity index (χ3n) is 3.63. The van der Waals surface area contributed by atoms with Gasteiger partial charge in [0.05, 0.1) is 6.07 Å². The minimum Gasteiger partial charge on any atom is -0.313 e. The Labute approximate surface area is 117 Å². The summed E-state index contributed by atoms with van der Waals surface area (Å²) in [6.45, 7) is 9.79. The van der Waals surface area contributed by atoms with Gasteiger partial charge in [-0.1, -0.05) is 38.1 Å². The summed E-state index contributed by atoms with van der Waals surface area (Å²) in [5, 5.41) is 12.3. The molecule has 0 radical (unpaired) electrons. The Bertz CT molecular complexity index is 429. The van der Waals surface area contributed by atoms with Crippen molar-refractivity contribution < 1.29 is 0 Å². The molecule has 2 nitrogen and oxygen atoms in total. The fourth-order valence-corrected chi connectivity index (χ4v) is 2.17. The maximum Gasteiger partial charge on any atom is 0.0621 e. The van der Waals surface area contributed by atoms with Gasteiger partial charge < -0.3 is 5.32 Å². The van der Waals surface area contributed by atoms with E-state index in [9.17, 15) is 0 Å². The largest absolute Gasteiger partial charge is 0.313 e. The van der Waals surface area contributed by atoms with Gasteiger partial charge in [-0.15, -0.1) is 0 Å². The molecule has 1 aromatic carbocycles. The van der Waals surface area contributed by atoms with Crippen LogP contribution in [0.25, 0.3) is 0 Å². The number of aryl methyl sites for hydroxylation is 1. The summed E-state index contributed by atoms with van der Waals surface area (Å²) in [6.07, 6.45) is 2.65. The van der Waals surface area contributed by atoms with Crippen molar-refractivity contribution in [3.63, 3.8) is 0 Å². The van der Waals surface area contributed by atoms with Crippen LogP contribution in [0.15, 0.2) is 24.3 Å². The van der Waals surface area contributed by atoms with E-state index in [0.29, 0.717) is 12.5 Å². The van der Waals surface area contributed by atoms with E-state index in [1.54, 1.807) is 0 Å². The summed E-state index contributed by atoms with van der Waals surface area (Å²) in [4.78, 5) is 0. The van der Waals surface area contributed by atoms with Gasteiger partial charge >= 0.3 is 0 Å². The number of nitrogens with one attached hydrogen (secondary N) is 1. The quantitative estimate of drug-likeness (QED) is 0.806. The molecule has 0 aliphatic heterocycles. The molecule has 1 atom stereocenters. The SMILES string of the molecule is Cc1ccccc1CC(C)NCC(C)(C)CCC#N. The Balaban J connectivity index is 2.42. The van der Waals surface area contributed by atoms with Crippen LogP contribution in [-0.4, -0.2) is 12.6 Å². The average molecular weight is 258 g/mol. The summed E-state index contributed by atoms with van der Waals surface area (Å²) in [7, 11) is 0. The maximum absolute atomic E-state index is 8.66. The molecule has 0 aliphatic carbocycles. The smallest absolute Gasteiger partial charge is 0.0621 e. The molecule has 0 amide bonds. The summed E-state index contributed by atoms with van der Waals surface area (Å²) in [5.41, 5.74) is 2.97. The molecule has 0 bridgehead atoms. The Morgan fingerprint density at radius 3 is 2.63 bits per heavy atom. The van der Waals surface area contributed by atoms with E-state index < -0.39 is 0 Å². The normalized spacial score (nSPS) is 13.0. The minimum atomic E-state index is 0.190. The van der Waals surface area contributed by atoms with Crippen LogP contribution in [0.4, 0.5) is 0 Å². The number of hydrogen-bond acceptors (Lipinski definition) is 2. The second kappa shape index (κ2) is 7.31. The van der Waals surface area contributed by atoms with E-state index >= 15 is 0 Å². The van der Waals surface area contributed by atoms with Crippen LogP contribution in [0.3, 0.4) is 0 Å². The highest BCUT2D eigenvalue weighted by Crippen LogP contribution is 2.21. The number of rotatable bonds is 7. The Morgan fingerprint density at radius 1 is 1.32 bits per heavy atom. The van der Waals surface area contributed by atoms with E-state index in [-0.39, 0.29) is 5.41 Å². The van der Waals surface area contributed by atoms with Gasteiger partial charge in [-0.2, -0.15) is 5.26 Å². The van der Waals surface area contributed by atoms with Crippen LogP contribution in [0.5, 0.6) is 0 Å². The molecule has 1 unspecified atom stereocenters. The third kappa shape index (κ3) is 5.89. The molecule has 1 N–H and O–H groups in total. The lowest BCUT2D eigenvalue weighted by molar-refractivity contribution is 0.303. The second-order valence-corrected chi connectivity index (χ2v) is 6.23. The molecular weight excluding hydrogens is 232 g/mol. The summed E-state index contributed by atoms with van der Waals surface area (Å²) >= 11 is 0. The number of benzene rings is 1. The first kappa shape index (κ1) is 15.7. The van der Waals surface area contributed by atoms with E-state index in [1.807, 2.05) is 0 Å². The van der Waals surface area contributed by atoms with Gasteiger partial charge in [-0.3, -0.25) is 0 Å². The van der Waals surface area contributed by atoms with E-state index in [1.165, 1.54) is 11.1 Å². The summed E-state index contributed by atoms with van der Waals surface area (Å²) < 4.78 is 0. The highest BCUT2D eigenvalue weighted by Gasteiger charge is 2.18. The molecule has 0 spiro atoms. The molecule has 0 aliphatic rings. The fourth-order valence-electron chi connectivity index (χ4n) is 2.17. The lowest BCUT2D eigenvalue weighted by atomic mass is 9.87. The van der Waals surface area contributed by atoms with Gasteiger partial charge in [0.2, 0.25) is 0 Å². The predicted octanol–water partition coefficient (Wildman–Crippen LogP) is 3.85. The van der Waals surface area contributed by atoms with Gasteiger partial charge in [0.25, 0.3) is 0 Å². The third-order valence-corrected chi connectivity index (χ3v) is 3.63. The molecule has 1 aromatic rings. The van der Waals surface area contributed by atoms with Crippen LogP contribution < -0.4 is 5.32 Å². The van der Waals surface area contributed by atoms with Gasteiger partial charge in [-0.25, -0.2) is 0 Å². The minimum absolute atomic E-state index is 0.190. The molecule has 2 heteroatoms. The molecule has 1 rings (SSSR count). The molecule has 19 heavy (non-hydrogen) atoms. The molecule has 0 saturated heterocycles. The molecule has 104 valence electrons. The standard InChI is InChI=1S/C17H26N2/c1-14-8-5-6-9-16(14)12-15(2)19-13-17(3,4)10-7-11-18/h5-6,8-9,15,19H,7,10,12-13H2,1-4H3. The fraction of sp³-hybridized carbons (Fsp3) is 0.588. The number of hydrogen-bond donors (Lipinski definition) is 1. The lowest BCUT2D eigenvalue weighted by Crippen LogP contribution is -2.36. The number of nitrogens with zero attached hydrogens (tertiary/aromatic N) is 1. The van der Waals surface area contributed by atoms with Crippen LogP contribution >= 0.6 is 0 Å². The Morgan fingerprint density at radius 2 is 2.00 bits per heavy atom. The zero-order chi connectivity index (χ0) is 14.3. The zero-order valence-corrected chi connectivity index (χ0v) is 12.7. The van der Waals surface area contributed by atoms with Crippen molar-refractivity contribution in [3.8, 4) is 6.07 Å². The van der Waals surface area contributed by atoms with Crippen molar-refractivity contribution in [1.82, 2.24) is 5.32 Å². The van der Waals surface area contributed by atoms with Crippen LogP contribution in [0.1, 0.15) is 44.7 Å². The van der Waals surface area contributed by atoms with Crippen LogP contribution in [-0.2, 0) is 6.42 Å². The first-order valence-electron chi connectivity index (χ1n) is 7.09.